The van der Waals surface area contributed by atoms with Crippen molar-refractivity contribution in [2.24, 2.45) is 0 Å². The molecule has 0 aliphatic rings. The summed E-state index contributed by atoms with van der Waals surface area (Å²) in [7, 11) is 0. The molecule has 21 heavy (non-hydrogen) atoms. The highest BCUT2D eigenvalue weighted by Gasteiger charge is 2.12. The molecule has 1 amide bonds. The molecule has 0 unspecified atom stereocenters. The van der Waals surface area contributed by atoms with E-state index in [0.29, 0.717) is 12.8 Å². The molecule has 0 aromatic heterocycles. The summed E-state index contributed by atoms with van der Waals surface area (Å²) < 4.78 is 0. The number of nitrogens with one attached hydrogen (secondary N) is 1. The Kier molecular flexibility index (Phi) is 9.25. The first-order valence-electron chi connectivity index (χ1n) is 6.91. The number of carbonyl (C=O) groups excluding carboxylic acids is 2. The number of rotatable bonds is 9. The molecule has 0 saturated carbocycles. The number of aliphatic hydroxyl groups is 2. The van der Waals surface area contributed by atoms with E-state index < -0.39 is 11.7 Å². The molecule has 0 heterocycles. The van der Waals surface area contributed by atoms with Crippen molar-refractivity contribution in [1.82, 2.24) is 5.32 Å². The van der Waals surface area contributed by atoms with Gasteiger partial charge < -0.3 is 15.5 Å². The van der Waals surface area contributed by atoms with Crippen molar-refractivity contribution < 1.29 is 19.8 Å². The van der Waals surface area contributed by atoms with E-state index in [-0.39, 0.29) is 18.2 Å². The average molecular weight is 295 g/mol. The van der Waals surface area contributed by atoms with Gasteiger partial charge in [0.05, 0.1) is 11.7 Å². The van der Waals surface area contributed by atoms with Crippen molar-refractivity contribution in [2.45, 2.75) is 45.3 Å². The summed E-state index contributed by atoms with van der Waals surface area (Å²) in [5.74, 6) is -0.319. The van der Waals surface area contributed by atoms with Crippen molar-refractivity contribution in [3.63, 3.8) is 0 Å². The zero-order valence-electron chi connectivity index (χ0n) is 12.9. The Morgan fingerprint density at radius 3 is 2.48 bits per heavy atom. The van der Waals surface area contributed by atoms with E-state index in [2.05, 4.69) is 5.32 Å². The fourth-order valence-corrected chi connectivity index (χ4v) is 1.30. The molecule has 0 aromatic rings. The Balaban J connectivity index is 3.89. The summed E-state index contributed by atoms with van der Waals surface area (Å²) in [5, 5.41) is 21.6. The summed E-state index contributed by atoms with van der Waals surface area (Å²) in [5.41, 5.74) is -0.933. The second kappa shape index (κ2) is 10.1. The number of carbonyl (C=O) groups is 2. The van der Waals surface area contributed by atoms with Crippen molar-refractivity contribution in [3.05, 3.63) is 36.5 Å². The Hall–Kier alpha value is -1.72. The first-order valence-corrected chi connectivity index (χ1v) is 6.91. The summed E-state index contributed by atoms with van der Waals surface area (Å²) in [6, 6.07) is 0. The summed E-state index contributed by atoms with van der Waals surface area (Å²) >= 11 is 0. The van der Waals surface area contributed by atoms with Crippen LogP contribution in [0.1, 0.15) is 33.6 Å². The summed E-state index contributed by atoms with van der Waals surface area (Å²) in [4.78, 5) is 22.0. The highest BCUT2D eigenvalue weighted by atomic mass is 16.3. The van der Waals surface area contributed by atoms with Crippen LogP contribution in [0.5, 0.6) is 0 Å². The van der Waals surface area contributed by atoms with E-state index in [1.165, 1.54) is 19.1 Å². The van der Waals surface area contributed by atoms with Crippen molar-refractivity contribution in [1.29, 1.82) is 0 Å². The van der Waals surface area contributed by atoms with E-state index in [1.807, 2.05) is 0 Å². The molecule has 0 spiro atoms. The quantitative estimate of drug-likeness (QED) is 0.442. The van der Waals surface area contributed by atoms with E-state index in [0.717, 1.165) is 0 Å². The third kappa shape index (κ3) is 14.5. The maximum atomic E-state index is 11.4. The fraction of sp³-hybridized carbons (Fsp3) is 0.500. The first-order chi connectivity index (χ1) is 9.70. The van der Waals surface area contributed by atoms with Gasteiger partial charge >= 0.3 is 0 Å². The van der Waals surface area contributed by atoms with Crippen LogP contribution < -0.4 is 5.32 Å². The Bertz CT molecular complexity index is 416. The third-order valence-electron chi connectivity index (χ3n) is 2.37. The predicted molar refractivity (Wildman–Crippen MR) is 82.6 cm³/mol. The van der Waals surface area contributed by atoms with Gasteiger partial charge in [0.15, 0.2) is 5.78 Å². The van der Waals surface area contributed by atoms with Crippen LogP contribution in [-0.2, 0) is 9.59 Å². The molecule has 0 fully saturated rings. The lowest BCUT2D eigenvalue weighted by atomic mass is 10.1. The number of ketones is 1. The lowest BCUT2D eigenvalue weighted by molar-refractivity contribution is -0.117. The van der Waals surface area contributed by atoms with Gasteiger partial charge in [-0.15, -0.1) is 0 Å². The van der Waals surface area contributed by atoms with Gasteiger partial charge in [-0.2, -0.15) is 0 Å². The largest absolute Gasteiger partial charge is 0.389 e. The summed E-state index contributed by atoms with van der Waals surface area (Å²) in [6.45, 7) is 4.86. The van der Waals surface area contributed by atoms with E-state index in [1.54, 1.807) is 38.2 Å². The molecule has 0 aliphatic heterocycles. The van der Waals surface area contributed by atoms with Crippen molar-refractivity contribution >= 4 is 11.7 Å². The zero-order chi connectivity index (χ0) is 16.3. The normalized spacial score (nSPS) is 14.1. The van der Waals surface area contributed by atoms with Crippen LogP contribution >= 0.6 is 0 Å². The topological polar surface area (TPSA) is 86.6 Å². The second-order valence-corrected chi connectivity index (χ2v) is 5.43. The van der Waals surface area contributed by atoms with Gasteiger partial charge in [-0.05, 0) is 45.8 Å². The molecule has 3 N–H and O–H groups in total. The molecule has 5 heteroatoms. The molecule has 0 bridgehead atoms. The van der Waals surface area contributed by atoms with Crippen LogP contribution in [0.15, 0.2) is 36.5 Å². The Morgan fingerprint density at radius 1 is 1.24 bits per heavy atom. The standard InChI is InChI=1S/C16H25NO4/c1-13(18)8-4-5-9-14(19)10-6-7-11-15(20)17-12-16(2,3)21/h4-5,7-9,11,14,19,21H,6,10,12H2,1-3H3,(H,17,20)/b8-4+,9-5+,11-7+/t14-/m1/s1. The minimum absolute atomic E-state index is 0.0471. The van der Waals surface area contributed by atoms with Gasteiger partial charge in [-0.1, -0.05) is 24.3 Å². The zero-order valence-corrected chi connectivity index (χ0v) is 12.9. The van der Waals surface area contributed by atoms with Crippen molar-refractivity contribution in [3.8, 4) is 0 Å². The smallest absolute Gasteiger partial charge is 0.243 e. The minimum Gasteiger partial charge on any atom is -0.389 e. The SMILES string of the molecule is CC(=O)/C=C/C=C/[C@@H](O)CC/C=C/C(=O)NCC(C)(C)O. The summed E-state index contributed by atoms with van der Waals surface area (Å²) in [6.07, 6.45) is 9.66. The molecular weight excluding hydrogens is 270 g/mol. The number of hydrogen-bond acceptors (Lipinski definition) is 4. The molecule has 0 saturated heterocycles. The monoisotopic (exact) mass is 295 g/mol. The minimum atomic E-state index is -0.933. The Morgan fingerprint density at radius 2 is 1.90 bits per heavy atom. The average Bonchev–Trinajstić information content (AvgIpc) is 2.36. The van der Waals surface area contributed by atoms with Crippen LogP contribution in [0.25, 0.3) is 0 Å². The van der Waals surface area contributed by atoms with E-state index in [9.17, 15) is 19.8 Å². The number of hydrogen-bond donors (Lipinski definition) is 3. The molecule has 118 valence electrons. The van der Waals surface area contributed by atoms with Crippen LogP contribution in [0.4, 0.5) is 0 Å². The molecular formula is C16H25NO4. The van der Waals surface area contributed by atoms with Crippen LogP contribution in [0.2, 0.25) is 0 Å². The van der Waals surface area contributed by atoms with E-state index >= 15 is 0 Å². The van der Waals surface area contributed by atoms with Crippen LogP contribution in [0, 0.1) is 0 Å². The van der Waals surface area contributed by atoms with E-state index in [4.69, 9.17) is 0 Å². The maximum absolute atomic E-state index is 11.4. The molecule has 0 rings (SSSR count). The van der Waals surface area contributed by atoms with Gasteiger partial charge in [0, 0.05) is 6.54 Å². The molecule has 0 aliphatic carbocycles. The van der Waals surface area contributed by atoms with Gasteiger partial charge in [-0.25, -0.2) is 0 Å². The predicted octanol–water partition coefficient (Wildman–Crippen LogP) is 1.27. The maximum Gasteiger partial charge on any atom is 0.243 e. The lowest BCUT2D eigenvalue weighted by Gasteiger charge is -2.16. The lowest BCUT2D eigenvalue weighted by Crippen LogP contribution is -2.37. The van der Waals surface area contributed by atoms with Gasteiger partial charge in [-0.3, -0.25) is 9.59 Å². The third-order valence-corrected chi connectivity index (χ3v) is 2.37. The number of allylic oxidation sites excluding steroid dienone is 4. The number of aliphatic hydroxyl groups excluding tert-OH is 1. The molecule has 5 nitrogen and oxygen atoms in total. The highest BCUT2D eigenvalue weighted by molar-refractivity contribution is 5.87. The highest BCUT2D eigenvalue weighted by Crippen LogP contribution is 2.01. The van der Waals surface area contributed by atoms with Crippen LogP contribution in [-0.4, -0.2) is 40.2 Å². The first kappa shape index (κ1) is 19.3. The van der Waals surface area contributed by atoms with Gasteiger partial charge in [0.2, 0.25) is 5.91 Å². The van der Waals surface area contributed by atoms with Crippen LogP contribution in [0.3, 0.4) is 0 Å². The number of amides is 1. The molecule has 1 atom stereocenters. The van der Waals surface area contributed by atoms with Crippen molar-refractivity contribution in [2.75, 3.05) is 6.54 Å². The molecule has 0 aromatic carbocycles. The van der Waals surface area contributed by atoms with Gasteiger partial charge in [0.25, 0.3) is 0 Å². The Labute approximate surface area is 126 Å². The molecule has 0 radical (unpaired) electrons. The second-order valence-electron chi connectivity index (χ2n) is 5.43. The van der Waals surface area contributed by atoms with Gasteiger partial charge in [0.1, 0.15) is 0 Å². The fourth-order valence-electron chi connectivity index (χ4n) is 1.30.